The van der Waals surface area contributed by atoms with Gasteiger partial charge in [0.05, 0.1) is 4.88 Å². The molecule has 0 amide bonds. The van der Waals surface area contributed by atoms with Crippen LogP contribution in [0.3, 0.4) is 0 Å². The summed E-state index contributed by atoms with van der Waals surface area (Å²) in [6.45, 7) is 1.90. The number of aromatic nitrogens is 2. The molecule has 0 spiro atoms. The van der Waals surface area contributed by atoms with Crippen molar-refractivity contribution < 1.29 is 12.8 Å². The third kappa shape index (κ3) is 3.49. The first-order valence-electron chi connectivity index (χ1n) is 7.65. The van der Waals surface area contributed by atoms with Crippen LogP contribution in [0.5, 0.6) is 0 Å². The number of anilines is 1. The Balaban J connectivity index is 1.57. The number of rotatable bonds is 5. The minimum Gasteiger partial charge on any atom is -0.420 e. The van der Waals surface area contributed by atoms with Crippen LogP contribution in [0.15, 0.2) is 43.4 Å². The van der Waals surface area contributed by atoms with Crippen LogP contribution < -0.4 is 4.72 Å². The van der Waals surface area contributed by atoms with Gasteiger partial charge in [0.15, 0.2) is 0 Å². The summed E-state index contributed by atoms with van der Waals surface area (Å²) in [6.07, 6.45) is 2.14. The number of aryl methyl sites for hydroxylation is 1. The number of halogens is 1. The molecule has 0 unspecified atom stereocenters. The molecule has 0 atom stereocenters. The van der Waals surface area contributed by atoms with Gasteiger partial charge in [0.2, 0.25) is 5.89 Å². The molecule has 4 rings (SSSR count). The Morgan fingerprint density at radius 1 is 1.24 bits per heavy atom. The Morgan fingerprint density at radius 3 is 2.76 bits per heavy atom. The smallest absolute Gasteiger partial charge is 0.271 e. The van der Waals surface area contributed by atoms with E-state index in [0.717, 1.165) is 34.2 Å². The number of sulfonamides is 1. The van der Waals surface area contributed by atoms with Gasteiger partial charge in [-0.05, 0) is 55.7 Å². The molecule has 1 aromatic carbocycles. The summed E-state index contributed by atoms with van der Waals surface area (Å²) < 4.78 is 34.5. The zero-order valence-electron chi connectivity index (χ0n) is 13.2. The van der Waals surface area contributed by atoms with Crippen LogP contribution in [0.2, 0.25) is 0 Å². The van der Waals surface area contributed by atoms with Crippen molar-refractivity contribution in [1.29, 1.82) is 0 Å². The number of benzene rings is 1. The van der Waals surface area contributed by atoms with Gasteiger partial charge in [0.25, 0.3) is 15.9 Å². The Labute approximate surface area is 157 Å². The topological polar surface area (TPSA) is 85.1 Å². The maximum atomic E-state index is 12.6. The van der Waals surface area contributed by atoms with E-state index in [0.29, 0.717) is 28.3 Å². The van der Waals surface area contributed by atoms with Crippen molar-refractivity contribution in [3.63, 3.8) is 0 Å². The van der Waals surface area contributed by atoms with E-state index in [1.807, 2.05) is 13.0 Å². The number of hydrogen-bond donors (Lipinski definition) is 1. The number of nitrogens with one attached hydrogen (secondary N) is 1. The lowest BCUT2D eigenvalue weighted by atomic mass is 10.2. The highest BCUT2D eigenvalue weighted by molar-refractivity contribution is 9.10. The summed E-state index contributed by atoms with van der Waals surface area (Å²) in [5.41, 5.74) is 1.47. The highest BCUT2D eigenvalue weighted by atomic mass is 79.9. The average molecular weight is 440 g/mol. The molecule has 9 heteroatoms. The van der Waals surface area contributed by atoms with Crippen LogP contribution in [0.25, 0.3) is 10.8 Å². The predicted octanol–water partition coefficient (Wildman–Crippen LogP) is 4.55. The zero-order valence-corrected chi connectivity index (χ0v) is 16.4. The van der Waals surface area contributed by atoms with Crippen molar-refractivity contribution in [2.24, 2.45) is 0 Å². The molecule has 1 saturated carbocycles. The molecule has 0 aliphatic heterocycles. The lowest BCUT2D eigenvalue weighted by Crippen LogP contribution is -2.11. The summed E-state index contributed by atoms with van der Waals surface area (Å²) in [6, 6.07) is 8.54. The van der Waals surface area contributed by atoms with Crippen LogP contribution in [0.4, 0.5) is 5.69 Å². The third-order valence-corrected chi connectivity index (χ3v) is 7.67. The summed E-state index contributed by atoms with van der Waals surface area (Å²) in [5, 5.41) is 8.05. The minimum atomic E-state index is -3.66. The summed E-state index contributed by atoms with van der Waals surface area (Å²) in [7, 11) is -3.66. The van der Waals surface area contributed by atoms with E-state index >= 15 is 0 Å². The lowest BCUT2D eigenvalue weighted by molar-refractivity contribution is 0.509. The predicted molar refractivity (Wildman–Crippen MR) is 99.3 cm³/mol. The molecule has 130 valence electrons. The largest absolute Gasteiger partial charge is 0.420 e. The van der Waals surface area contributed by atoms with Gasteiger partial charge >= 0.3 is 0 Å². The second kappa shape index (κ2) is 6.22. The van der Waals surface area contributed by atoms with Gasteiger partial charge in [-0.15, -0.1) is 21.5 Å². The van der Waals surface area contributed by atoms with Crippen molar-refractivity contribution in [3.8, 4) is 10.8 Å². The number of thiophene rings is 1. The fourth-order valence-corrected chi connectivity index (χ4v) is 4.85. The molecule has 1 fully saturated rings. The fourth-order valence-electron chi connectivity index (χ4n) is 2.32. The van der Waals surface area contributed by atoms with Gasteiger partial charge in [-0.1, -0.05) is 15.9 Å². The Hall–Kier alpha value is -1.71. The fraction of sp³-hybridized carbons (Fsp3) is 0.250. The first kappa shape index (κ1) is 16.7. The van der Waals surface area contributed by atoms with Gasteiger partial charge in [-0.3, -0.25) is 4.72 Å². The Morgan fingerprint density at radius 2 is 2.04 bits per heavy atom. The highest BCUT2D eigenvalue weighted by Gasteiger charge is 2.30. The van der Waals surface area contributed by atoms with Gasteiger partial charge in [0.1, 0.15) is 4.21 Å². The molecule has 1 N–H and O–H groups in total. The average Bonchev–Trinajstić information content (AvgIpc) is 3.10. The van der Waals surface area contributed by atoms with E-state index in [2.05, 4.69) is 30.8 Å². The summed E-state index contributed by atoms with van der Waals surface area (Å²) >= 11 is 4.51. The molecule has 1 aliphatic carbocycles. The van der Waals surface area contributed by atoms with E-state index in [4.69, 9.17) is 4.42 Å². The van der Waals surface area contributed by atoms with Crippen LogP contribution in [-0.2, 0) is 10.0 Å². The first-order chi connectivity index (χ1) is 11.9. The van der Waals surface area contributed by atoms with Gasteiger partial charge in [0, 0.05) is 16.1 Å². The minimum absolute atomic E-state index is 0.203. The second-order valence-corrected chi connectivity index (χ2v) is 9.76. The monoisotopic (exact) mass is 439 g/mol. The molecule has 2 aromatic heterocycles. The van der Waals surface area contributed by atoms with Crippen molar-refractivity contribution in [2.45, 2.75) is 29.9 Å². The van der Waals surface area contributed by atoms with Crippen molar-refractivity contribution in [2.75, 3.05) is 4.72 Å². The van der Waals surface area contributed by atoms with Crippen LogP contribution >= 0.6 is 27.3 Å². The van der Waals surface area contributed by atoms with Crippen LogP contribution in [-0.4, -0.2) is 18.6 Å². The molecule has 3 aromatic rings. The molecule has 0 bridgehead atoms. The third-order valence-electron chi connectivity index (χ3n) is 3.83. The van der Waals surface area contributed by atoms with Crippen molar-refractivity contribution in [3.05, 3.63) is 46.3 Å². The summed E-state index contributed by atoms with van der Waals surface area (Å²) in [5.74, 6) is 1.37. The molecule has 1 aliphatic rings. The standard InChI is InChI=1S/C16H14BrN3O3S2/c1-9-8-11(4-5-12(9)17)20-25(21,22)14-7-6-13(24-14)16-19-18-15(23-16)10-2-3-10/h4-8,10,20H,2-3H2,1H3. The van der Waals surface area contributed by atoms with Gasteiger partial charge in [-0.25, -0.2) is 8.42 Å². The highest BCUT2D eigenvalue weighted by Crippen LogP contribution is 2.40. The summed E-state index contributed by atoms with van der Waals surface area (Å²) in [4.78, 5) is 0.645. The molecule has 0 saturated heterocycles. The van der Waals surface area contributed by atoms with Crippen molar-refractivity contribution in [1.82, 2.24) is 10.2 Å². The molecular weight excluding hydrogens is 426 g/mol. The van der Waals surface area contributed by atoms with Crippen LogP contribution in [0.1, 0.15) is 30.2 Å². The normalized spacial score (nSPS) is 14.6. The number of hydrogen-bond acceptors (Lipinski definition) is 6. The molecule has 25 heavy (non-hydrogen) atoms. The molecular formula is C16H14BrN3O3S2. The second-order valence-electron chi connectivity index (χ2n) is 5.91. The quantitative estimate of drug-likeness (QED) is 0.629. The first-order valence-corrected chi connectivity index (χ1v) is 10.7. The van der Waals surface area contributed by atoms with Crippen molar-refractivity contribution >= 4 is 43.0 Å². The van der Waals surface area contributed by atoms with E-state index in [9.17, 15) is 8.42 Å². The van der Waals surface area contributed by atoms with E-state index in [-0.39, 0.29) is 4.21 Å². The molecule has 0 radical (unpaired) electrons. The van der Waals surface area contributed by atoms with E-state index in [1.54, 1.807) is 24.3 Å². The Kier molecular flexibility index (Phi) is 4.17. The maximum absolute atomic E-state index is 12.6. The zero-order chi connectivity index (χ0) is 17.6. The van der Waals surface area contributed by atoms with Crippen LogP contribution in [0, 0.1) is 6.92 Å². The van der Waals surface area contributed by atoms with E-state index in [1.165, 1.54) is 0 Å². The maximum Gasteiger partial charge on any atom is 0.271 e. The number of nitrogens with zero attached hydrogens (tertiary/aromatic N) is 2. The van der Waals surface area contributed by atoms with Gasteiger partial charge < -0.3 is 4.42 Å². The SMILES string of the molecule is Cc1cc(NS(=O)(=O)c2ccc(-c3nnc(C4CC4)o3)s2)ccc1Br. The van der Waals surface area contributed by atoms with E-state index < -0.39 is 10.0 Å². The van der Waals surface area contributed by atoms with Gasteiger partial charge in [-0.2, -0.15) is 0 Å². The molecule has 2 heterocycles. The Bertz CT molecular complexity index is 1040. The molecule has 6 nitrogen and oxygen atoms in total. The lowest BCUT2D eigenvalue weighted by Gasteiger charge is -2.07.